The molecule has 1 heterocycles. The van der Waals surface area contributed by atoms with E-state index in [-0.39, 0.29) is 17.1 Å². The van der Waals surface area contributed by atoms with Gasteiger partial charge in [0.05, 0.1) is 11.2 Å². The van der Waals surface area contributed by atoms with Gasteiger partial charge < -0.3 is 10.3 Å². The van der Waals surface area contributed by atoms with Gasteiger partial charge in [-0.05, 0) is 31.0 Å². The van der Waals surface area contributed by atoms with Crippen molar-refractivity contribution < 1.29 is 12.8 Å². The Morgan fingerprint density at radius 3 is 2.76 bits per heavy atom. The summed E-state index contributed by atoms with van der Waals surface area (Å²) in [4.78, 5) is 3.76. The van der Waals surface area contributed by atoms with Crippen LogP contribution in [0.5, 0.6) is 0 Å². The summed E-state index contributed by atoms with van der Waals surface area (Å²) in [7, 11) is -3.73. The maximum atomic E-state index is 13.2. The molecule has 1 aromatic heterocycles. The molecule has 8 heteroatoms. The largest absolute Gasteiger partial charge is 0.399 e. The molecule has 0 aliphatic heterocycles. The molecular weight excluding hydrogens is 295 g/mol. The van der Waals surface area contributed by atoms with Crippen LogP contribution in [0.1, 0.15) is 12.8 Å². The highest BCUT2D eigenvalue weighted by Crippen LogP contribution is 2.15. The standard InChI is InChI=1S/C13H17FN4O2S/c14-11-7-12(15)9-13(8-11)21(19,20)17-3-1-2-5-18-6-4-16-10-18/h4,6-10,17H,1-3,5,15H2. The number of aromatic nitrogens is 2. The van der Waals surface area contributed by atoms with E-state index in [0.29, 0.717) is 6.42 Å². The molecule has 0 aliphatic carbocycles. The van der Waals surface area contributed by atoms with Crippen molar-refractivity contribution in [3.05, 3.63) is 42.7 Å². The Bertz CT molecular complexity index is 666. The first kappa shape index (κ1) is 15.5. The van der Waals surface area contributed by atoms with Crippen LogP contribution in [-0.2, 0) is 16.6 Å². The first-order valence-electron chi connectivity index (χ1n) is 6.49. The van der Waals surface area contributed by atoms with Gasteiger partial charge in [0.2, 0.25) is 10.0 Å². The average Bonchev–Trinajstić information content (AvgIpc) is 2.90. The van der Waals surface area contributed by atoms with Gasteiger partial charge in [0, 0.05) is 31.2 Å². The molecule has 1 aromatic carbocycles. The lowest BCUT2D eigenvalue weighted by Crippen LogP contribution is -2.25. The molecule has 0 aliphatic rings. The smallest absolute Gasteiger partial charge is 0.240 e. The second-order valence-electron chi connectivity index (χ2n) is 4.63. The summed E-state index contributed by atoms with van der Waals surface area (Å²) in [5.41, 5.74) is 5.52. The Balaban J connectivity index is 1.83. The normalized spacial score (nSPS) is 11.7. The van der Waals surface area contributed by atoms with Crippen molar-refractivity contribution in [2.24, 2.45) is 0 Å². The highest BCUT2D eigenvalue weighted by molar-refractivity contribution is 7.89. The summed E-state index contributed by atoms with van der Waals surface area (Å²) >= 11 is 0. The van der Waals surface area contributed by atoms with E-state index in [4.69, 9.17) is 5.73 Å². The van der Waals surface area contributed by atoms with E-state index < -0.39 is 15.8 Å². The number of nitrogens with one attached hydrogen (secondary N) is 1. The van der Waals surface area contributed by atoms with Crippen LogP contribution < -0.4 is 10.5 Å². The van der Waals surface area contributed by atoms with E-state index in [1.807, 2.05) is 10.8 Å². The number of sulfonamides is 1. The van der Waals surface area contributed by atoms with E-state index >= 15 is 0 Å². The van der Waals surface area contributed by atoms with Crippen LogP contribution in [0.2, 0.25) is 0 Å². The number of nitrogens with two attached hydrogens (primary N) is 1. The molecule has 2 aromatic rings. The number of hydrogen-bond donors (Lipinski definition) is 2. The number of nitrogens with zero attached hydrogens (tertiary/aromatic N) is 2. The quantitative estimate of drug-likeness (QED) is 0.597. The van der Waals surface area contributed by atoms with Crippen LogP contribution in [0, 0.1) is 5.82 Å². The second kappa shape index (κ2) is 6.68. The van der Waals surface area contributed by atoms with Gasteiger partial charge in [-0.25, -0.2) is 22.5 Å². The highest BCUT2D eigenvalue weighted by Gasteiger charge is 2.14. The fourth-order valence-electron chi connectivity index (χ4n) is 1.87. The van der Waals surface area contributed by atoms with Crippen molar-refractivity contribution in [1.29, 1.82) is 0 Å². The van der Waals surface area contributed by atoms with E-state index in [9.17, 15) is 12.8 Å². The van der Waals surface area contributed by atoms with E-state index in [0.717, 1.165) is 25.1 Å². The Labute approximate surface area is 122 Å². The average molecular weight is 312 g/mol. The molecule has 0 saturated heterocycles. The van der Waals surface area contributed by atoms with Crippen LogP contribution >= 0.6 is 0 Å². The van der Waals surface area contributed by atoms with Crippen molar-refractivity contribution in [3.8, 4) is 0 Å². The molecule has 3 N–H and O–H groups in total. The molecule has 0 unspecified atom stereocenters. The van der Waals surface area contributed by atoms with Crippen LogP contribution in [-0.4, -0.2) is 24.5 Å². The molecule has 0 spiro atoms. The van der Waals surface area contributed by atoms with Crippen LogP contribution in [0.25, 0.3) is 0 Å². The maximum Gasteiger partial charge on any atom is 0.240 e. The number of aryl methyl sites for hydroxylation is 1. The molecule has 0 amide bonds. The fraction of sp³-hybridized carbons (Fsp3) is 0.308. The van der Waals surface area contributed by atoms with E-state index in [1.165, 1.54) is 6.07 Å². The van der Waals surface area contributed by atoms with Gasteiger partial charge in [-0.15, -0.1) is 0 Å². The molecule has 0 atom stereocenters. The van der Waals surface area contributed by atoms with E-state index in [1.54, 1.807) is 12.5 Å². The lowest BCUT2D eigenvalue weighted by molar-refractivity contribution is 0.564. The number of benzene rings is 1. The van der Waals surface area contributed by atoms with Gasteiger partial charge in [-0.1, -0.05) is 0 Å². The van der Waals surface area contributed by atoms with Crippen LogP contribution in [0.4, 0.5) is 10.1 Å². The summed E-state index contributed by atoms with van der Waals surface area (Å²) in [6.07, 6.45) is 6.73. The summed E-state index contributed by atoms with van der Waals surface area (Å²) < 4.78 is 41.5. The summed E-state index contributed by atoms with van der Waals surface area (Å²) in [5.74, 6) is -0.671. The third kappa shape index (κ3) is 4.54. The number of nitrogen functional groups attached to an aromatic ring is 1. The topological polar surface area (TPSA) is 90.0 Å². The van der Waals surface area contributed by atoms with Crippen molar-refractivity contribution in [2.45, 2.75) is 24.3 Å². The third-order valence-corrected chi connectivity index (χ3v) is 4.34. The van der Waals surface area contributed by atoms with Crippen molar-refractivity contribution in [1.82, 2.24) is 14.3 Å². The van der Waals surface area contributed by atoms with Gasteiger partial charge in [-0.2, -0.15) is 0 Å². The predicted molar refractivity (Wildman–Crippen MR) is 77.5 cm³/mol. The summed E-state index contributed by atoms with van der Waals surface area (Å²) in [6.45, 7) is 1.06. The molecule has 0 radical (unpaired) electrons. The highest BCUT2D eigenvalue weighted by atomic mass is 32.2. The Hall–Kier alpha value is -1.93. The number of halogens is 1. The minimum absolute atomic E-state index is 0.0792. The monoisotopic (exact) mass is 312 g/mol. The molecule has 21 heavy (non-hydrogen) atoms. The number of hydrogen-bond acceptors (Lipinski definition) is 4. The molecule has 0 saturated carbocycles. The molecule has 0 bridgehead atoms. The molecule has 114 valence electrons. The number of rotatable bonds is 7. The minimum Gasteiger partial charge on any atom is -0.399 e. The minimum atomic E-state index is -3.73. The molecular formula is C13H17FN4O2S. The third-order valence-electron chi connectivity index (χ3n) is 2.90. The van der Waals surface area contributed by atoms with E-state index in [2.05, 4.69) is 9.71 Å². The number of anilines is 1. The van der Waals surface area contributed by atoms with Crippen LogP contribution in [0.15, 0.2) is 41.8 Å². The predicted octanol–water partition coefficient (Wildman–Crippen LogP) is 1.36. The van der Waals surface area contributed by atoms with Gasteiger partial charge >= 0.3 is 0 Å². The summed E-state index contributed by atoms with van der Waals surface area (Å²) in [5, 5.41) is 0. The lowest BCUT2D eigenvalue weighted by atomic mass is 10.3. The molecule has 2 rings (SSSR count). The first-order chi connectivity index (χ1) is 9.97. The molecule has 0 fully saturated rings. The zero-order chi connectivity index (χ0) is 15.3. The van der Waals surface area contributed by atoms with Crippen molar-refractivity contribution in [3.63, 3.8) is 0 Å². The van der Waals surface area contributed by atoms with Crippen molar-refractivity contribution >= 4 is 15.7 Å². The zero-order valence-electron chi connectivity index (χ0n) is 11.4. The van der Waals surface area contributed by atoms with Gasteiger partial charge in [-0.3, -0.25) is 0 Å². The lowest BCUT2D eigenvalue weighted by Gasteiger charge is -2.08. The first-order valence-corrected chi connectivity index (χ1v) is 7.97. The SMILES string of the molecule is Nc1cc(F)cc(S(=O)(=O)NCCCCn2ccnc2)c1. The zero-order valence-corrected chi connectivity index (χ0v) is 12.2. The fourth-order valence-corrected chi connectivity index (χ4v) is 3.01. The number of imidazole rings is 1. The Morgan fingerprint density at radius 2 is 2.10 bits per heavy atom. The van der Waals surface area contributed by atoms with Gasteiger partial charge in [0.15, 0.2) is 0 Å². The summed E-state index contributed by atoms with van der Waals surface area (Å²) in [6, 6.07) is 3.26. The van der Waals surface area contributed by atoms with Gasteiger partial charge in [0.25, 0.3) is 0 Å². The molecule has 6 nitrogen and oxygen atoms in total. The van der Waals surface area contributed by atoms with Crippen LogP contribution in [0.3, 0.4) is 0 Å². The van der Waals surface area contributed by atoms with Gasteiger partial charge in [0.1, 0.15) is 5.82 Å². The second-order valence-corrected chi connectivity index (χ2v) is 6.39. The number of unbranched alkanes of at least 4 members (excludes halogenated alkanes) is 1. The van der Waals surface area contributed by atoms with Crippen molar-refractivity contribution in [2.75, 3.05) is 12.3 Å². The Morgan fingerprint density at radius 1 is 1.29 bits per heavy atom. The maximum absolute atomic E-state index is 13.2. The Kier molecular flexibility index (Phi) is 4.92.